The fourth-order valence-electron chi connectivity index (χ4n) is 2.42. The molecule has 0 spiro atoms. The Hall–Kier alpha value is -2.98. The van der Waals surface area contributed by atoms with Gasteiger partial charge in [0.1, 0.15) is 0 Å². The molecule has 0 saturated heterocycles. The minimum atomic E-state index is 0.464. The van der Waals surface area contributed by atoms with E-state index in [-0.39, 0.29) is 0 Å². The predicted octanol–water partition coefficient (Wildman–Crippen LogP) is 4.98. The molecular formula is C21H19N3S. The first-order valence-corrected chi connectivity index (χ1v) is 8.44. The minimum Gasteiger partial charge on any atom is -0.331 e. The highest BCUT2D eigenvalue weighted by Crippen LogP contribution is 2.18. The maximum absolute atomic E-state index is 5.26. The first-order chi connectivity index (χ1) is 12.2. The average molecular weight is 345 g/mol. The van der Waals surface area contributed by atoms with E-state index in [9.17, 15) is 0 Å². The van der Waals surface area contributed by atoms with Crippen molar-refractivity contribution >= 4 is 29.2 Å². The quantitative estimate of drug-likeness (QED) is 0.398. The Labute approximate surface area is 153 Å². The van der Waals surface area contributed by atoms with E-state index in [0.717, 1.165) is 16.8 Å². The number of benzene rings is 3. The Morgan fingerprint density at radius 3 is 2.20 bits per heavy atom. The van der Waals surface area contributed by atoms with Crippen molar-refractivity contribution in [3.63, 3.8) is 0 Å². The van der Waals surface area contributed by atoms with E-state index >= 15 is 0 Å². The van der Waals surface area contributed by atoms with Crippen molar-refractivity contribution in [3.05, 3.63) is 90.0 Å². The molecule has 0 aromatic heterocycles. The fraction of sp³-hybridized carbons (Fsp3) is 0.0476. The number of hydrogen-bond acceptors (Lipinski definition) is 2. The van der Waals surface area contributed by atoms with Crippen LogP contribution in [0.4, 0.5) is 5.69 Å². The van der Waals surface area contributed by atoms with Crippen LogP contribution in [0.25, 0.3) is 11.1 Å². The maximum atomic E-state index is 5.26. The molecule has 0 unspecified atom stereocenters. The van der Waals surface area contributed by atoms with Gasteiger partial charge in [0.15, 0.2) is 5.11 Å². The molecule has 0 aliphatic heterocycles. The third-order valence-corrected chi connectivity index (χ3v) is 3.98. The summed E-state index contributed by atoms with van der Waals surface area (Å²) in [5.74, 6) is 0. The Balaban J connectivity index is 1.57. The Bertz CT molecular complexity index is 871. The van der Waals surface area contributed by atoms with Crippen molar-refractivity contribution in [3.8, 4) is 11.1 Å². The molecule has 0 bridgehead atoms. The maximum Gasteiger partial charge on any atom is 0.191 e. The van der Waals surface area contributed by atoms with Crippen LogP contribution < -0.4 is 10.7 Å². The van der Waals surface area contributed by atoms with Crippen molar-refractivity contribution in [2.45, 2.75) is 6.92 Å². The van der Waals surface area contributed by atoms with Gasteiger partial charge in [0.05, 0.1) is 6.21 Å². The Morgan fingerprint density at radius 2 is 1.48 bits per heavy atom. The summed E-state index contributed by atoms with van der Waals surface area (Å²) < 4.78 is 0. The van der Waals surface area contributed by atoms with Gasteiger partial charge in [-0.3, -0.25) is 5.43 Å². The van der Waals surface area contributed by atoms with E-state index in [1.54, 1.807) is 6.21 Å². The van der Waals surface area contributed by atoms with Gasteiger partial charge in [-0.2, -0.15) is 5.10 Å². The van der Waals surface area contributed by atoms with Crippen molar-refractivity contribution in [1.29, 1.82) is 0 Å². The summed E-state index contributed by atoms with van der Waals surface area (Å²) in [6, 6.07) is 26.5. The summed E-state index contributed by atoms with van der Waals surface area (Å²) in [6.07, 6.45) is 1.75. The summed E-state index contributed by atoms with van der Waals surface area (Å²) in [5, 5.41) is 7.79. The Morgan fingerprint density at radius 1 is 0.840 bits per heavy atom. The van der Waals surface area contributed by atoms with Gasteiger partial charge < -0.3 is 5.32 Å². The van der Waals surface area contributed by atoms with Crippen molar-refractivity contribution in [2.24, 2.45) is 5.10 Å². The van der Waals surface area contributed by atoms with Crippen molar-refractivity contribution in [2.75, 3.05) is 5.32 Å². The van der Waals surface area contributed by atoms with Crippen LogP contribution in [0.1, 0.15) is 11.1 Å². The zero-order chi connectivity index (χ0) is 17.5. The molecule has 0 radical (unpaired) electrons. The second-order valence-corrected chi connectivity index (χ2v) is 6.04. The normalized spacial score (nSPS) is 10.6. The van der Waals surface area contributed by atoms with Gasteiger partial charge in [-0.25, -0.2) is 0 Å². The zero-order valence-corrected chi connectivity index (χ0v) is 14.8. The highest BCUT2D eigenvalue weighted by atomic mass is 32.1. The van der Waals surface area contributed by atoms with Gasteiger partial charge in [0.2, 0.25) is 0 Å². The first kappa shape index (κ1) is 16.9. The molecule has 2 N–H and O–H groups in total. The molecule has 3 aromatic carbocycles. The minimum absolute atomic E-state index is 0.464. The lowest BCUT2D eigenvalue weighted by Gasteiger charge is -2.09. The van der Waals surface area contributed by atoms with E-state index < -0.39 is 0 Å². The van der Waals surface area contributed by atoms with Crippen LogP contribution in [0.3, 0.4) is 0 Å². The number of thiocarbonyl (C=S) groups is 1. The van der Waals surface area contributed by atoms with Crippen LogP contribution in [0.15, 0.2) is 84.0 Å². The van der Waals surface area contributed by atoms with Gasteiger partial charge in [0.25, 0.3) is 0 Å². The third-order valence-electron chi connectivity index (χ3n) is 3.79. The van der Waals surface area contributed by atoms with Crippen LogP contribution in [-0.4, -0.2) is 11.3 Å². The van der Waals surface area contributed by atoms with Crippen LogP contribution in [0.5, 0.6) is 0 Å². The average Bonchev–Trinajstić information content (AvgIpc) is 2.65. The molecule has 0 aliphatic carbocycles. The Kier molecular flexibility index (Phi) is 5.54. The lowest BCUT2D eigenvalue weighted by Crippen LogP contribution is -2.24. The van der Waals surface area contributed by atoms with Crippen molar-refractivity contribution in [1.82, 2.24) is 5.43 Å². The molecule has 0 aliphatic rings. The lowest BCUT2D eigenvalue weighted by atomic mass is 10.0. The van der Waals surface area contributed by atoms with Crippen LogP contribution in [0, 0.1) is 6.92 Å². The number of para-hydroxylation sites is 1. The van der Waals surface area contributed by atoms with Crippen molar-refractivity contribution < 1.29 is 0 Å². The topological polar surface area (TPSA) is 36.4 Å². The molecule has 0 amide bonds. The number of rotatable bonds is 4. The molecule has 0 heterocycles. The molecule has 3 aromatic rings. The predicted molar refractivity (Wildman–Crippen MR) is 110 cm³/mol. The van der Waals surface area contributed by atoms with Gasteiger partial charge in [-0.15, -0.1) is 0 Å². The second-order valence-electron chi connectivity index (χ2n) is 5.63. The number of hydrazone groups is 1. The molecule has 124 valence electrons. The standard InChI is InChI=1S/C21H19N3S/c1-16-7-5-6-10-20(16)23-21(25)24-22-15-17-11-13-19(14-12-17)18-8-3-2-4-9-18/h2-15H,1H3,(H2,23,24,25)/b22-15-. The van der Waals surface area contributed by atoms with Crippen LogP contribution >= 0.6 is 12.2 Å². The smallest absolute Gasteiger partial charge is 0.191 e. The molecule has 0 fully saturated rings. The number of nitrogens with zero attached hydrogens (tertiary/aromatic N) is 1. The van der Waals surface area contributed by atoms with E-state index in [2.05, 4.69) is 40.1 Å². The number of anilines is 1. The molecule has 0 saturated carbocycles. The number of nitrogens with one attached hydrogen (secondary N) is 2. The largest absolute Gasteiger partial charge is 0.331 e. The molecule has 3 nitrogen and oxygen atoms in total. The lowest BCUT2D eigenvalue weighted by molar-refractivity contribution is 1.05. The monoisotopic (exact) mass is 345 g/mol. The van der Waals surface area contributed by atoms with Gasteiger partial charge in [-0.05, 0) is 47.5 Å². The van der Waals surface area contributed by atoms with Crippen LogP contribution in [0.2, 0.25) is 0 Å². The molecular weight excluding hydrogens is 326 g/mol. The van der Waals surface area contributed by atoms with E-state index in [4.69, 9.17) is 12.2 Å². The first-order valence-electron chi connectivity index (χ1n) is 8.03. The number of hydrogen-bond donors (Lipinski definition) is 2. The van der Waals surface area contributed by atoms with E-state index in [0.29, 0.717) is 5.11 Å². The highest BCUT2D eigenvalue weighted by Gasteiger charge is 1.99. The molecule has 3 rings (SSSR count). The molecule has 0 atom stereocenters. The summed E-state index contributed by atoms with van der Waals surface area (Å²) >= 11 is 5.26. The summed E-state index contributed by atoms with van der Waals surface area (Å²) in [4.78, 5) is 0. The summed E-state index contributed by atoms with van der Waals surface area (Å²) in [7, 11) is 0. The third kappa shape index (κ3) is 4.75. The van der Waals surface area contributed by atoms with E-state index in [1.165, 1.54) is 11.1 Å². The zero-order valence-electron chi connectivity index (χ0n) is 13.9. The second kappa shape index (κ2) is 8.22. The van der Waals surface area contributed by atoms with Gasteiger partial charge in [-0.1, -0.05) is 72.8 Å². The fourth-order valence-corrected chi connectivity index (χ4v) is 2.58. The van der Waals surface area contributed by atoms with Gasteiger partial charge in [0, 0.05) is 5.69 Å². The number of aryl methyl sites for hydroxylation is 1. The summed E-state index contributed by atoms with van der Waals surface area (Å²) in [5.41, 5.74) is 8.34. The van der Waals surface area contributed by atoms with Crippen LogP contribution in [-0.2, 0) is 0 Å². The molecule has 4 heteroatoms. The summed E-state index contributed by atoms with van der Waals surface area (Å²) in [6.45, 7) is 2.03. The molecule has 25 heavy (non-hydrogen) atoms. The van der Waals surface area contributed by atoms with Gasteiger partial charge >= 0.3 is 0 Å². The highest BCUT2D eigenvalue weighted by molar-refractivity contribution is 7.80. The van der Waals surface area contributed by atoms with E-state index in [1.807, 2.05) is 61.5 Å². The SMILES string of the molecule is Cc1ccccc1NC(=S)N/N=C\c1ccc(-c2ccccc2)cc1.